The standard InChI is InChI=1S/C18H28N6O2S.2CH2O2/c1-14-20-15(13-27-14)12-24-9-5-18(6-10-24,17(25)19-7-11-26-3)21-16-4-8-23(2)22-16;2*2-1-3/h4,8,13H,5-7,9-12H2,1-3H3,(H,19,25)(H,21,22);2*1H,(H,2,3). The summed E-state index contributed by atoms with van der Waals surface area (Å²) in [5.74, 6) is 0.734. The summed E-state index contributed by atoms with van der Waals surface area (Å²) < 4.78 is 6.79. The number of anilines is 1. The van der Waals surface area contributed by atoms with E-state index in [1.54, 1.807) is 23.1 Å². The normalized spacial score (nSPS) is 14.6. The van der Waals surface area contributed by atoms with Crippen molar-refractivity contribution in [3.8, 4) is 0 Å². The van der Waals surface area contributed by atoms with Gasteiger partial charge < -0.3 is 25.6 Å². The molecule has 0 unspecified atom stereocenters. The molecule has 0 bridgehead atoms. The van der Waals surface area contributed by atoms with Gasteiger partial charge in [0.25, 0.3) is 12.9 Å². The van der Waals surface area contributed by atoms with Crippen LogP contribution in [0.4, 0.5) is 5.82 Å². The van der Waals surface area contributed by atoms with E-state index in [0.717, 1.165) is 36.2 Å². The van der Waals surface area contributed by atoms with Gasteiger partial charge in [-0.1, -0.05) is 0 Å². The molecule has 33 heavy (non-hydrogen) atoms. The molecule has 0 aromatic carbocycles. The van der Waals surface area contributed by atoms with Crippen LogP contribution in [0, 0.1) is 6.92 Å². The molecule has 1 fully saturated rings. The molecular formula is C20H32N6O6S. The van der Waals surface area contributed by atoms with Gasteiger partial charge >= 0.3 is 0 Å². The number of rotatable bonds is 8. The lowest BCUT2D eigenvalue weighted by atomic mass is 9.86. The summed E-state index contributed by atoms with van der Waals surface area (Å²) in [6.45, 7) is 5.01. The van der Waals surface area contributed by atoms with Crippen molar-refractivity contribution in [1.82, 2.24) is 25.0 Å². The van der Waals surface area contributed by atoms with Crippen molar-refractivity contribution in [2.45, 2.75) is 31.8 Å². The van der Waals surface area contributed by atoms with Crippen molar-refractivity contribution in [2.75, 3.05) is 38.7 Å². The number of aromatic nitrogens is 3. The summed E-state index contributed by atoms with van der Waals surface area (Å²) in [5, 5.41) is 27.8. The Labute approximate surface area is 196 Å². The smallest absolute Gasteiger partial charge is 0.290 e. The number of hydrogen-bond acceptors (Lipinski definition) is 9. The number of aryl methyl sites for hydroxylation is 2. The Bertz CT molecular complexity index is 844. The van der Waals surface area contributed by atoms with Crippen LogP contribution in [0.25, 0.3) is 0 Å². The van der Waals surface area contributed by atoms with E-state index >= 15 is 0 Å². The molecule has 1 aliphatic rings. The summed E-state index contributed by atoms with van der Waals surface area (Å²) in [4.78, 5) is 36.6. The minimum atomic E-state index is -0.656. The third-order valence-electron chi connectivity index (χ3n) is 4.87. The zero-order valence-electron chi connectivity index (χ0n) is 19.1. The number of amides is 1. The number of nitrogens with zero attached hydrogens (tertiary/aromatic N) is 4. The minimum absolute atomic E-state index is 0.00866. The molecule has 1 amide bonds. The maximum Gasteiger partial charge on any atom is 0.290 e. The number of likely N-dealkylation sites (tertiary alicyclic amines) is 1. The molecule has 0 saturated carbocycles. The topological polar surface area (TPSA) is 159 Å². The van der Waals surface area contributed by atoms with Crippen LogP contribution in [0.15, 0.2) is 17.6 Å². The molecule has 13 heteroatoms. The van der Waals surface area contributed by atoms with Gasteiger partial charge in [0.1, 0.15) is 11.4 Å². The molecule has 4 N–H and O–H groups in total. The highest BCUT2D eigenvalue weighted by Gasteiger charge is 2.41. The molecule has 1 aliphatic heterocycles. The van der Waals surface area contributed by atoms with Crippen LogP contribution in [0.3, 0.4) is 0 Å². The van der Waals surface area contributed by atoms with Crippen LogP contribution in [0.1, 0.15) is 23.5 Å². The molecule has 3 rings (SSSR count). The van der Waals surface area contributed by atoms with E-state index in [0.29, 0.717) is 26.0 Å². The first-order valence-corrected chi connectivity index (χ1v) is 11.1. The number of hydrogen-bond donors (Lipinski definition) is 4. The first-order chi connectivity index (χ1) is 15.8. The van der Waals surface area contributed by atoms with Crippen LogP contribution < -0.4 is 10.6 Å². The molecule has 3 heterocycles. The fourth-order valence-electron chi connectivity index (χ4n) is 3.37. The average molecular weight is 485 g/mol. The van der Waals surface area contributed by atoms with E-state index in [-0.39, 0.29) is 18.9 Å². The molecule has 0 aliphatic carbocycles. The number of carbonyl (C=O) groups excluding carboxylic acids is 1. The van der Waals surface area contributed by atoms with E-state index < -0.39 is 5.54 Å². The summed E-state index contributed by atoms with van der Waals surface area (Å²) in [6.07, 6.45) is 3.30. The van der Waals surface area contributed by atoms with Gasteiger partial charge in [-0.15, -0.1) is 11.3 Å². The summed E-state index contributed by atoms with van der Waals surface area (Å²) >= 11 is 1.68. The van der Waals surface area contributed by atoms with Crippen molar-refractivity contribution >= 4 is 36.0 Å². The summed E-state index contributed by atoms with van der Waals surface area (Å²) in [6, 6.07) is 1.90. The van der Waals surface area contributed by atoms with Gasteiger partial charge in [0.2, 0.25) is 5.91 Å². The number of thiazole rings is 1. The van der Waals surface area contributed by atoms with Gasteiger partial charge in [-0.3, -0.25) is 24.0 Å². The number of nitrogens with one attached hydrogen (secondary N) is 2. The summed E-state index contributed by atoms with van der Waals surface area (Å²) in [7, 11) is 3.50. The van der Waals surface area contributed by atoms with Gasteiger partial charge in [0.05, 0.1) is 17.3 Å². The number of carboxylic acid groups (broad SMARTS) is 2. The Kier molecular flexibility index (Phi) is 12.7. The maximum atomic E-state index is 13.0. The number of ether oxygens (including phenoxy) is 1. The van der Waals surface area contributed by atoms with E-state index in [1.165, 1.54) is 0 Å². The van der Waals surface area contributed by atoms with Crippen LogP contribution >= 0.6 is 11.3 Å². The Morgan fingerprint density at radius 1 is 1.30 bits per heavy atom. The van der Waals surface area contributed by atoms with Gasteiger partial charge in [-0.25, -0.2) is 4.98 Å². The number of carbonyl (C=O) groups is 3. The summed E-state index contributed by atoms with van der Waals surface area (Å²) in [5.41, 5.74) is 0.448. The number of piperidine rings is 1. The van der Waals surface area contributed by atoms with Gasteiger partial charge in [0, 0.05) is 58.0 Å². The molecule has 2 aromatic heterocycles. The third kappa shape index (κ3) is 9.55. The molecule has 0 radical (unpaired) electrons. The maximum absolute atomic E-state index is 13.0. The monoisotopic (exact) mass is 484 g/mol. The van der Waals surface area contributed by atoms with Crippen LogP contribution in [-0.4, -0.2) is 87.6 Å². The predicted octanol–water partition coefficient (Wildman–Crippen LogP) is 0.796. The second-order valence-electron chi connectivity index (χ2n) is 7.18. The molecule has 0 spiro atoms. The zero-order chi connectivity index (χ0) is 24.7. The van der Waals surface area contributed by atoms with Crippen molar-refractivity contribution in [1.29, 1.82) is 0 Å². The van der Waals surface area contributed by atoms with E-state index in [4.69, 9.17) is 24.5 Å². The second-order valence-corrected chi connectivity index (χ2v) is 8.24. The first kappa shape index (κ1) is 28.0. The Morgan fingerprint density at radius 2 is 1.94 bits per heavy atom. The SMILES string of the molecule is COCCNC(=O)C1(Nc2ccn(C)n2)CCN(Cc2csc(C)n2)CC1.O=CO.O=CO. The lowest BCUT2D eigenvalue weighted by Crippen LogP contribution is -2.58. The van der Waals surface area contributed by atoms with Crippen molar-refractivity contribution in [2.24, 2.45) is 7.05 Å². The van der Waals surface area contributed by atoms with Crippen molar-refractivity contribution < 1.29 is 29.3 Å². The molecule has 1 saturated heterocycles. The quantitative estimate of drug-likeness (QED) is 0.312. The Hall–Kier alpha value is -3.03. The lowest BCUT2D eigenvalue weighted by molar-refractivity contribution is -0.127. The van der Waals surface area contributed by atoms with Gasteiger partial charge in [-0.2, -0.15) is 5.10 Å². The van der Waals surface area contributed by atoms with Crippen molar-refractivity contribution in [3.05, 3.63) is 28.3 Å². The fourth-order valence-corrected chi connectivity index (χ4v) is 3.98. The van der Waals surface area contributed by atoms with Gasteiger partial charge in [0.15, 0.2) is 0 Å². The van der Waals surface area contributed by atoms with Crippen molar-refractivity contribution in [3.63, 3.8) is 0 Å². The highest BCUT2D eigenvalue weighted by Crippen LogP contribution is 2.28. The zero-order valence-corrected chi connectivity index (χ0v) is 19.9. The van der Waals surface area contributed by atoms with Crippen LogP contribution in [-0.2, 0) is 32.7 Å². The third-order valence-corrected chi connectivity index (χ3v) is 5.69. The fraction of sp³-hybridized carbons (Fsp3) is 0.550. The Morgan fingerprint density at radius 3 is 2.42 bits per heavy atom. The number of methoxy groups -OCH3 is 1. The van der Waals surface area contributed by atoms with E-state index in [2.05, 4.69) is 31.0 Å². The highest BCUT2D eigenvalue weighted by atomic mass is 32.1. The van der Waals surface area contributed by atoms with Crippen LogP contribution in [0.2, 0.25) is 0 Å². The van der Waals surface area contributed by atoms with E-state index in [9.17, 15) is 4.79 Å². The first-order valence-electron chi connectivity index (χ1n) is 10.2. The van der Waals surface area contributed by atoms with Gasteiger partial charge in [-0.05, 0) is 19.8 Å². The average Bonchev–Trinajstić information content (AvgIpc) is 3.38. The minimum Gasteiger partial charge on any atom is -0.483 e. The lowest BCUT2D eigenvalue weighted by Gasteiger charge is -2.41. The Balaban J connectivity index is 0.000000819. The van der Waals surface area contributed by atoms with E-state index in [1.807, 2.05) is 26.2 Å². The molecule has 12 nitrogen and oxygen atoms in total. The molecule has 184 valence electrons. The highest BCUT2D eigenvalue weighted by molar-refractivity contribution is 7.09. The predicted molar refractivity (Wildman–Crippen MR) is 123 cm³/mol. The second kappa shape index (κ2) is 14.9. The molecule has 0 atom stereocenters. The largest absolute Gasteiger partial charge is 0.483 e. The molecule has 2 aromatic rings. The van der Waals surface area contributed by atoms with Crippen LogP contribution in [0.5, 0.6) is 0 Å². The molecular weight excluding hydrogens is 452 g/mol.